The summed E-state index contributed by atoms with van der Waals surface area (Å²) in [6.45, 7) is 3.61. The van der Waals surface area contributed by atoms with Crippen LogP contribution in [0, 0.1) is 0 Å². The topological polar surface area (TPSA) is 41.1 Å². The van der Waals surface area contributed by atoms with Crippen molar-refractivity contribution in [3.63, 3.8) is 0 Å². The summed E-state index contributed by atoms with van der Waals surface area (Å²) in [4.78, 5) is 11.2. The molecule has 15 heavy (non-hydrogen) atoms. The highest BCUT2D eigenvalue weighted by molar-refractivity contribution is 7.99. The fraction of sp³-hybridized carbons (Fsp3) is 0.909. The smallest absolute Gasteiger partial charge is 0.314 e. The van der Waals surface area contributed by atoms with Gasteiger partial charge in [0.2, 0.25) is 0 Å². The Balaban J connectivity index is 1.89. The van der Waals surface area contributed by atoms with E-state index in [0.29, 0.717) is 0 Å². The SMILES string of the molecule is CCCNC(=O)NCCSC1CCCC1. The third-order valence-corrected chi connectivity index (χ3v) is 3.96. The minimum absolute atomic E-state index is 0.0242. The molecule has 0 aliphatic heterocycles. The Hall–Kier alpha value is -0.380. The quantitative estimate of drug-likeness (QED) is 0.688. The van der Waals surface area contributed by atoms with Crippen LogP contribution in [-0.4, -0.2) is 30.1 Å². The van der Waals surface area contributed by atoms with Gasteiger partial charge in [0.05, 0.1) is 0 Å². The second-order valence-electron chi connectivity index (χ2n) is 3.96. The first-order valence-electron chi connectivity index (χ1n) is 5.96. The average Bonchev–Trinajstić information content (AvgIpc) is 2.74. The van der Waals surface area contributed by atoms with Crippen molar-refractivity contribution < 1.29 is 4.79 Å². The van der Waals surface area contributed by atoms with Crippen LogP contribution in [0.5, 0.6) is 0 Å². The minimum atomic E-state index is -0.0242. The van der Waals surface area contributed by atoms with Gasteiger partial charge in [-0.3, -0.25) is 0 Å². The van der Waals surface area contributed by atoms with Crippen molar-refractivity contribution in [2.24, 2.45) is 0 Å². The fourth-order valence-electron chi connectivity index (χ4n) is 1.75. The largest absolute Gasteiger partial charge is 0.338 e. The van der Waals surface area contributed by atoms with Crippen LogP contribution in [0.4, 0.5) is 4.79 Å². The van der Waals surface area contributed by atoms with E-state index in [1.165, 1.54) is 25.7 Å². The van der Waals surface area contributed by atoms with Crippen LogP contribution in [0.2, 0.25) is 0 Å². The van der Waals surface area contributed by atoms with Crippen LogP contribution in [0.3, 0.4) is 0 Å². The zero-order valence-electron chi connectivity index (χ0n) is 9.55. The van der Waals surface area contributed by atoms with Gasteiger partial charge < -0.3 is 10.6 Å². The zero-order chi connectivity index (χ0) is 10.9. The molecule has 0 aromatic rings. The summed E-state index contributed by atoms with van der Waals surface area (Å²) in [5.74, 6) is 1.05. The summed E-state index contributed by atoms with van der Waals surface area (Å²) in [5, 5.41) is 6.52. The Morgan fingerprint density at radius 2 is 1.93 bits per heavy atom. The van der Waals surface area contributed by atoms with Crippen LogP contribution < -0.4 is 10.6 Å². The van der Waals surface area contributed by atoms with Crippen molar-refractivity contribution in [1.82, 2.24) is 10.6 Å². The van der Waals surface area contributed by atoms with Gasteiger partial charge in [-0.05, 0) is 19.3 Å². The van der Waals surface area contributed by atoms with Crippen LogP contribution in [0.15, 0.2) is 0 Å². The number of hydrogen-bond donors (Lipinski definition) is 2. The number of hydrogen-bond acceptors (Lipinski definition) is 2. The van der Waals surface area contributed by atoms with Crippen molar-refractivity contribution in [2.45, 2.75) is 44.3 Å². The molecule has 0 atom stereocenters. The normalized spacial score (nSPS) is 16.6. The number of rotatable bonds is 6. The minimum Gasteiger partial charge on any atom is -0.338 e. The molecule has 0 spiro atoms. The molecule has 0 aromatic carbocycles. The molecule has 3 nitrogen and oxygen atoms in total. The van der Waals surface area contributed by atoms with Gasteiger partial charge >= 0.3 is 6.03 Å². The van der Waals surface area contributed by atoms with E-state index in [-0.39, 0.29) is 6.03 Å². The number of urea groups is 1. The molecule has 1 aliphatic rings. The van der Waals surface area contributed by atoms with Crippen LogP contribution >= 0.6 is 11.8 Å². The van der Waals surface area contributed by atoms with Gasteiger partial charge in [0.1, 0.15) is 0 Å². The van der Waals surface area contributed by atoms with Crippen LogP contribution in [-0.2, 0) is 0 Å². The molecule has 2 N–H and O–H groups in total. The Labute approximate surface area is 96.8 Å². The molecule has 4 heteroatoms. The van der Waals surface area contributed by atoms with E-state index in [0.717, 1.165) is 30.5 Å². The highest BCUT2D eigenvalue weighted by Gasteiger charge is 2.14. The van der Waals surface area contributed by atoms with Gasteiger partial charge in [-0.1, -0.05) is 19.8 Å². The van der Waals surface area contributed by atoms with E-state index >= 15 is 0 Å². The van der Waals surface area contributed by atoms with Crippen molar-refractivity contribution >= 4 is 17.8 Å². The maximum Gasteiger partial charge on any atom is 0.314 e. The van der Waals surface area contributed by atoms with Gasteiger partial charge in [-0.15, -0.1) is 0 Å². The monoisotopic (exact) mass is 230 g/mol. The second kappa shape index (κ2) is 7.85. The third kappa shape index (κ3) is 5.92. The van der Waals surface area contributed by atoms with Gasteiger partial charge in [0.25, 0.3) is 0 Å². The number of amides is 2. The second-order valence-corrected chi connectivity index (χ2v) is 5.37. The molecule has 0 aromatic heterocycles. The van der Waals surface area contributed by atoms with Gasteiger partial charge in [0, 0.05) is 24.1 Å². The van der Waals surface area contributed by atoms with E-state index in [9.17, 15) is 4.79 Å². The first-order valence-corrected chi connectivity index (χ1v) is 7.01. The highest BCUT2D eigenvalue weighted by atomic mass is 32.2. The molecule has 0 radical (unpaired) electrons. The maximum absolute atomic E-state index is 11.2. The summed E-state index contributed by atoms with van der Waals surface area (Å²) in [6.07, 6.45) is 6.51. The first kappa shape index (κ1) is 12.7. The molecular formula is C11H22N2OS. The molecule has 1 aliphatic carbocycles. The standard InChI is InChI=1S/C11H22N2OS/c1-2-7-12-11(14)13-8-9-15-10-5-3-4-6-10/h10H,2-9H2,1H3,(H2,12,13,14). The predicted octanol–water partition coefficient (Wildman–Crippen LogP) is 2.37. The lowest BCUT2D eigenvalue weighted by atomic mass is 10.4. The Morgan fingerprint density at radius 1 is 1.27 bits per heavy atom. The van der Waals surface area contributed by atoms with E-state index in [2.05, 4.69) is 17.6 Å². The summed E-state index contributed by atoms with van der Waals surface area (Å²) in [7, 11) is 0. The van der Waals surface area contributed by atoms with Crippen LogP contribution in [0.25, 0.3) is 0 Å². The van der Waals surface area contributed by atoms with Crippen molar-refractivity contribution in [3.8, 4) is 0 Å². The highest BCUT2D eigenvalue weighted by Crippen LogP contribution is 2.28. The van der Waals surface area contributed by atoms with E-state index in [1.54, 1.807) is 0 Å². The van der Waals surface area contributed by atoms with E-state index in [1.807, 2.05) is 11.8 Å². The third-order valence-electron chi connectivity index (χ3n) is 2.58. The molecule has 1 rings (SSSR count). The first-order chi connectivity index (χ1) is 7.33. The van der Waals surface area contributed by atoms with Crippen molar-refractivity contribution in [2.75, 3.05) is 18.8 Å². The fourth-order valence-corrected chi connectivity index (χ4v) is 2.97. The lowest BCUT2D eigenvalue weighted by Crippen LogP contribution is -2.37. The Kier molecular flexibility index (Phi) is 6.64. The van der Waals surface area contributed by atoms with E-state index in [4.69, 9.17) is 0 Å². The van der Waals surface area contributed by atoms with Crippen molar-refractivity contribution in [3.05, 3.63) is 0 Å². The molecule has 1 saturated carbocycles. The Bertz CT molecular complexity index is 181. The number of thioether (sulfide) groups is 1. The number of carbonyl (C=O) groups excluding carboxylic acids is 1. The average molecular weight is 230 g/mol. The molecule has 0 heterocycles. The molecule has 88 valence electrons. The molecular weight excluding hydrogens is 208 g/mol. The van der Waals surface area contributed by atoms with Gasteiger partial charge in [-0.25, -0.2) is 4.79 Å². The summed E-state index contributed by atoms with van der Waals surface area (Å²) in [6, 6.07) is -0.0242. The molecule has 0 saturated heterocycles. The molecule has 1 fully saturated rings. The van der Waals surface area contributed by atoms with Crippen LogP contribution in [0.1, 0.15) is 39.0 Å². The van der Waals surface area contributed by atoms with Gasteiger partial charge in [-0.2, -0.15) is 11.8 Å². The predicted molar refractivity (Wildman–Crippen MR) is 66.4 cm³/mol. The Morgan fingerprint density at radius 3 is 2.60 bits per heavy atom. The van der Waals surface area contributed by atoms with Crippen molar-refractivity contribution in [1.29, 1.82) is 0 Å². The lowest BCUT2D eigenvalue weighted by molar-refractivity contribution is 0.241. The molecule has 0 unspecified atom stereocenters. The molecule has 2 amide bonds. The number of carbonyl (C=O) groups is 1. The summed E-state index contributed by atoms with van der Waals surface area (Å²) < 4.78 is 0. The summed E-state index contributed by atoms with van der Waals surface area (Å²) >= 11 is 2.01. The van der Waals surface area contributed by atoms with E-state index < -0.39 is 0 Å². The van der Waals surface area contributed by atoms with Gasteiger partial charge in [0.15, 0.2) is 0 Å². The lowest BCUT2D eigenvalue weighted by Gasteiger charge is -2.09. The summed E-state index contributed by atoms with van der Waals surface area (Å²) in [5.41, 5.74) is 0. The zero-order valence-corrected chi connectivity index (χ0v) is 10.4. The maximum atomic E-state index is 11.2. The molecule has 0 bridgehead atoms. The number of nitrogens with one attached hydrogen (secondary N) is 2.